The van der Waals surface area contributed by atoms with Crippen LogP contribution in [0, 0.1) is 0 Å². The molecule has 0 aromatic heterocycles. The Morgan fingerprint density at radius 2 is 1.86 bits per heavy atom. The van der Waals surface area contributed by atoms with E-state index in [1.54, 1.807) is 0 Å². The van der Waals surface area contributed by atoms with Crippen molar-refractivity contribution < 1.29 is 4.79 Å². The molecule has 0 saturated carbocycles. The first-order chi connectivity index (χ1) is 9.95. The Kier molecular flexibility index (Phi) is 10.1. The number of benzene rings is 1. The van der Waals surface area contributed by atoms with Gasteiger partial charge in [0.2, 0.25) is 5.91 Å². The van der Waals surface area contributed by atoms with Gasteiger partial charge in [-0.15, -0.1) is 12.4 Å². The summed E-state index contributed by atoms with van der Waals surface area (Å²) in [5.74, 6) is -0.0659. The van der Waals surface area contributed by atoms with Gasteiger partial charge in [-0.1, -0.05) is 37.6 Å². The van der Waals surface area contributed by atoms with E-state index < -0.39 is 6.04 Å². The molecule has 1 amide bonds. The Balaban J connectivity index is 0.00000441. The third kappa shape index (κ3) is 6.77. The summed E-state index contributed by atoms with van der Waals surface area (Å²) in [4.78, 5) is 14.2. The quantitative estimate of drug-likeness (QED) is 0.771. The lowest BCUT2D eigenvalue weighted by Crippen LogP contribution is -2.40. The fourth-order valence-electron chi connectivity index (χ4n) is 2.09. The lowest BCUT2D eigenvalue weighted by molar-refractivity contribution is -0.122. The van der Waals surface area contributed by atoms with Crippen LogP contribution in [0.3, 0.4) is 0 Å². The van der Waals surface area contributed by atoms with Gasteiger partial charge in [-0.3, -0.25) is 9.69 Å². The third-order valence-electron chi connectivity index (χ3n) is 3.81. The molecule has 0 heterocycles. The van der Waals surface area contributed by atoms with Crippen LogP contribution >= 0.6 is 12.4 Å². The summed E-state index contributed by atoms with van der Waals surface area (Å²) in [5, 5.41) is 2.94. The highest BCUT2D eigenvalue weighted by atomic mass is 35.5. The lowest BCUT2D eigenvalue weighted by Gasteiger charge is -2.22. The molecule has 0 bridgehead atoms. The molecule has 0 saturated heterocycles. The molecule has 0 fully saturated rings. The van der Waals surface area contributed by atoms with Crippen molar-refractivity contribution in [2.45, 2.75) is 58.8 Å². The summed E-state index contributed by atoms with van der Waals surface area (Å²) < 4.78 is 0. The van der Waals surface area contributed by atoms with Gasteiger partial charge in [0.05, 0.1) is 6.04 Å². The number of nitrogens with two attached hydrogens (primary N) is 1. The third-order valence-corrected chi connectivity index (χ3v) is 3.81. The van der Waals surface area contributed by atoms with Gasteiger partial charge in [0.15, 0.2) is 0 Å². The molecule has 22 heavy (non-hydrogen) atoms. The van der Waals surface area contributed by atoms with Crippen LogP contribution in [0.15, 0.2) is 24.3 Å². The molecular formula is C17H30ClN3O. The van der Waals surface area contributed by atoms with Crippen molar-refractivity contribution in [1.29, 1.82) is 0 Å². The normalized spacial score (nSPS) is 12.1. The van der Waals surface area contributed by atoms with Gasteiger partial charge in [-0.2, -0.15) is 0 Å². The Morgan fingerprint density at radius 3 is 2.41 bits per heavy atom. The van der Waals surface area contributed by atoms with E-state index in [1.165, 1.54) is 5.56 Å². The van der Waals surface area contributed by atoms with Crippen LogP contribution in [0.2, 0.25) is 0 Å². The minimum absolute atomic E-state index is 0. The van der Waals surface area contributed by atoms with E-state index in [9.17, 15) is 4.79 Å². The van der Waals surface area contributed by atoms with E-state index in [-0.39, 0.29) is 18.3 Å². The van der Waals surface area contributed by atoms with Crippen LogP contribution in [-0.2, 0) is 17.9 Å². The number of nitrogens with zero attached hydrogens (tertiary/aromatic N) is 1. The molecule has 1 unspecified atom stereocenters. The van der Waals surface area contributed by atoms with Gasteiger partial charge < -0.3 is 11.1 Å². The fourth-order valence-corrected chi connectivity index (χ4v) is 2.09. The van der Waals surface area contributed by atoms with Crippen molar-refractivity contribution in [2.24, 2.45) is 5.73 Å². The molecule has 4 nitrogen and oxygen atoms in total. The summed E-state index contributed by atoms with van der Waals surface area (Å²) in [5.41, 5.74) is 8.23. The maximum absolute atomic E-state index is 11.9. The van der Waals surface area contributed by atoms with Crippen molar-refractivity contribution in [1.82, 2.24) is 10.2 Å². The van der Waals surface area contributed by atoms with Gasteiger partial charge >= 0.3 is 0 Å². The number of hydrogen-bond donors (Lipinski definition) is 2. The first kappa shape index (κ1) is 20.9. The highest BCUT2D eigenvalue weighted by Crippen LogP contribution is 2.12. The summed E-state index contributed by atoms with van der Waals surface area (Å²) >= 11 is 0. The van der Waals surface area contributed by atoms with Crippen LogP contribution in [0.5, 0.6) is 0 Å². The highest BCUT2D eigenvalue weighted by Gasteiger charge is 2.13. The smallest absolute Gasteiger partial charge is 0.237 e. The SMILES string of the molecule is CCCC(N)C(=O)NCc1ccccc1CN(C)C(C)C.Cl. The van der Waals surface area contributed by atoms with Crippen molar-refractivity contribution in [3.8, 4) is 0 Å². The number of carbonyl (C=O) groups is 1. The Hall–Kier alpha value is -1.10. The van der Waals surface area contributed by atoms with E-state index in [0.717, 1.165) is 24.9 Å². The molecular weight excluding hydrogens is 298 g/mol. The molecule has 5 heteroatoms. The predicted molar refractivity (Wildman–Crippen MR) is 95.0 cm³/mol. The molecule has 0 aliphatic heterocycles. The van der Waals surface area contributed by atoms with E-state index >= 15 is 0 Å². The van der Waals surface area contributed by atoms with Crippen LogP contribution in [-0.4, -0.2) is 29.9 Å². The van der Waals surface area contributed by atoms with Crippen LogP contribution < -0.4 is 11.1 Å². The maximum atomic E-state index is 11.9. The van der Waals surface area contributed by atoms with Crippen molar-refractivity contribution in [2.75, 3.05) is 7.05 Å². The number of halogens is 1. The lowest BCUT2D eigenvalue weighted by atomic mass is 10.1. The topological polar surface area (TPSA) is 58.4 Å². The first-order valence-corrected chi connectivity index (χ1v) is 7.76. The molecule has 3 N–H and O–H groups in total. The van der Waals surface area contributed by atoms with Gasteiger partial charge in [0, 0.05) is 19.1 Å². The number of rotatable bonds is 8. The van der Waals surface area contributed by atoms with E-state index in [2.05, 4.69) is 43.2 Å². The van der Waals surface area contributed by atoms with Gasteiger partial charge in [-0.25, -0.2) is 0 Å². The second-order valence-electron chi connectivity index (χ2n) is 5.89. The monoisotopic (exact) mass is 327 g/mol. The minimum atomic E-state index is -0.402. The second-order valence-corrected chi connectivity index (χ2v) is 5.89. The molecule has 0 aliphatic rings. The minimum Gasteiger partial charge on any atom is -0.351 e. The van der Waals surface area contributed by atoms with Crippen molar-refractivity contribution >= 4 is 18.3 Å². The summed E-state index contributed by atoms with van der Waals surface area (Å²) in [7, 11) is 2.11. The number of hydrogen-bond acceptors (Lipinski definition) is 3. The first-order valence-electron chi connectivity index (χ1n) is 7.76. The summed E-state index contributed by atoms with van der Waals surface area (Å²) in [6.45, 7) is 7.80. The van der Waals surface area contributed by atoms with Gasteiger partial charge in [0.1, 0.15) is 0 Å². The van der Waals surface area contributed by atoms with Crippen LogP contribution in [0.25, 0.3) is 0 Å². The van der Waals surface area contributed by atoms with E-state index in [0.29, 0.717) is 12.6 Å². The molecule has 0 spiro atoms. The van der Waals surface area contributed by atoms with E-state index in [4.69, 9.17) is 5.73 Å². The Bertz CT molecular complexity index is 451. The standard InChI is InChI=1S/C17H29N3O.ClH/c1-5-8-16(18)17(21)19-11-14-9-6-7-10-15(14)12-20(4)13(2)3;/h6-7,9-10,13,16H,5,8,11-12,18H2,1-4H3,(H,19,21);1H. The zero-order chi connectivity index (χ0) is 15.8. The Morgan fingerprint density at radius 1 is 1.27 bits per heavy atom. The molecule has 1 rings (SSSR count). The number of carbonyl (C=O) groups excluding carboxylic acids is 1. The van der Waals surface area contributed by atoms with Gasteiger partial charge in [-0.05, 0) is 38.4 Å². The fraction of sp³-hybridized carbons (Fsp3) is 0.588. The summed E-state index contributed by atoms with van der Waals surface area (Å²) in [6, 6.07) is 8.32. The molecule has 1 aromatic carbocycles. The molecule has 0 radical (unpaired) electrons. The van der Waals surface area contributed by atoms with E-state index in [1.807, 2.05) is 19.1 Å². The molecule has 1 atom stereocenters. The highest BCUT2D eigenvalue weighted by molar-refractivity contribution is 5.85. The van der Waals surface area contributed by atoms with Gasteiger partial charge in [0.25, 0.3) is 0 Å². The molecule has 0 aliphatic carbocycles. The maximum Gasteiger partial charge on any atom is 0.237 e. The number of amides is 1. The second kappa shape index (κ2) is 10.6. The predicted octanol–water partition coefficient (Wildman–Crippen LogP) is 2.69. The molecule has 126 valence electrons. The summed E-state index contributed by atoms with van der Waals surface area (Å²) in [6.07, 6.45) is 1.65. The Labute approximate surface area is 140 Å². The zero-order valence-electron chi connectivity index (χ0n) is 14.1. The van der Waals surface area contributed by atoms with Crippen molar-refractivity contribution in [3.63, 3.8) is 0 Å². The average Bonchev–Trinajstić information content (AvgIpc) is 2.46. The zero-order valence-corrected chi connectivity index (χ0v) is 15.0. The largest absolute Gasteiger partial charge is 0.351 e. The molecule has 1 aromatic rings. The van der Waals surface area contributed by atoms with Crippen LogP contribution in [0.1, 0.15) is 44.7 Å². The average molecular weight is 328 g/mol. The van der Waals surface area contributed by atoms with Crippen LogP contribution in [0.4, 0.5) is 0 Å². The van der Waals surface area contributed by atoms with Crippen molar-refractivity contribution in [3.05, 3.63) is 35.4 Å². The number of nitrogens with one attached hydrogen (secondary N) is 1.